The molecule has 2 atom stereocenters. The van der Waals surface area contributed by atoms with Crippen LogP contribution in [0, 0.1) is 0 Å². The van der Waals surface area contributed by atoms with Gasteiger partial charge in [-0.25, -0.2) is 0 Å². The summed E-state index contributed by atoms with van der Waals surface area (Å²) in [5, 5.41) is 5.96. The maximum Gasteiger partial charge on any atom is 0.0468 e. The normalized spacial score (nSPS) is 14.6. The minimum atomic E-state index is 0.165. The number of benzene rings is 1. The van der Waals surface area contributed by atoms with E-state index in [2.05, 4.69) is 42.3 Å². The van der Waals surface area contributed by atoms with Crippen molar-refractivity contribution in [1.82, 2.24) is 10.3 Å². The van der Waals surface area contributed by atoms with Gasteiger partial charge in [0.1, 0.15) is 0 Å². The molecule has 0 saturated heterocycles. The molecule has 0 radical (unpaired) electrons. The molecule has 0 fully saturated rings. The lowest BCUT2D eigenvalue weighted by molar-refractivity contribution is 0.453. The number of nitrogens with two attached hydrogens (primary N) is 1. The number of rotatable bonds is 5. The van der Waals surface area contributed by atoms with Crippen LogP contribution in [-0.4, -0.2) is 17.6 Å². The van der Waals surface area contributed by atoms with Gasteiger partial charge in [0.2, 0.25) is 0 Å². The first kappa shape index (κ1) is 13.0. The van der Waals surface area contributed by atoms with Crippen LogP contribution < -0.4 is 11.1 Å². The highest BCUT2D eigenvalue weighted by atomic mass is 15.0. The summed E-state index contributed by atoms with van der Waals surface area (Å²) >= 11 is 0. The third kappa shape index (κ3) is 2.68. The second-order valence-corrected chi connectivity index (χ2v) is 4.71. The first-order valence-corrected chi connectivity index (χ1v) is 6.55. The zero-order valence-corrected chi connectivity index (χ0v) is 11.1. The molecular formula is C15H21N3. The van der Waals surface area contributed by atoms with Crippen LogP contribution in [0.4, 0.5) is 0 Å². The second-order valence-electron chi connectivity index (χ2n) is 4.71. The van der Waals surface area contributed by atoms with Crippen molar-refractivity contribution in [2.45, 2.75) is 32.4 Å². The lowest BCUT2D eigenvalue weighted by Gasteiger charge is -2.22. The average molecular weight is 243 g/mol. The van der Waals surface area contributed by atoms with Crippen molar-refractivity contribution in [3.8, 4) is 0 Å². The Bertz CT molecular complexity index is 505. The molecule has 3 N–H and O–H groups in total. The van der Waals surface area contributed by atoms with Crippen molar-refractivity contribution in [1.29, 1.82) is 0 Å². The Hall–Kier alpha value is -1.45. The van der Waals surface area contributed by atoms with Crippen LogP contribution in [0.1, 0.15) is 31.9 Å². The Morgan fingerprint density at radius 3 is 2.78 bits per heavy atom. The minimum absolute atomic E-state index is 0.165. The summed E-state index contributed by atoms with van der Waals surface area (Å²) in [6.07, 6.45) is 4.92. The molecule has 2 aromatic rings. The van der Waals surface area contributed by atoms with Crippen LogP contribution >= 0.6 is 0 Å². The van der Waals surface area contributed by atoms with Crippen LogP contribution in [0.3, 0.4) is 0 Å². The lowest BCUT2D eigenvalue weighted by Crippen LogP contribution is -2.34. The molecule has 0 aliphatic rings. The summed E-state index contributed by atoms with van der Waals surface area (Å²) in [6, 6.07) is 8.93. The molecule has 1 aromatic carbocycles. The van der Waals surface area contributed by atoms with E-state index in [0.717, 1.165) is 6.42 Å². The number of hydrogen-bond donors (Lipinski definition) is 2. The highest BCUT2D eigenvalue weighted by molar-refractivity contribution is 5.85. The van der Waals surface area contributed by atoms with Crippen LogP contribution in [0.15, 0.2) is 36.7 Å². The summed E-state index contributed by atoms with van der Waals surface area (Å²) in [7, 11) is 0. The van der Waals surface area contributed by atoms with Crippen LogP contribution in [-0.2, 0) is 0 Å². The predicted octanol–water partition coefficient (Wildman–Crippen LogP) is 2.62. The van der Waals surface area contributed by atoms with Gasteiger partial charge in [-0.2, -0.15) is 0 Å². The van der Waals surface area contributed by atoms with Gasteiger partial charge in [-0.15, -0.1) is 0 Å². The molecule has 0 spiro atoms. The van der Waals surface area contributed by atoms with Gasteiger partial charge in [-0.1, -0.05) is 31.2 Å². The fourth-order valence-electron chi connectivity index (χ4n) is 2.16. The van der Waals surface area contributed by atoms with E-state index in [9.17, 15) is 0 Å². The van der Waals surface area contributed by atoms with E-state index in [-0.39, 0.29) is 6.04 Å². The Balaban J connectivity index is 2.38. The number of aromatic nitrogens is 1. The molecule has 3 nitrogen and oxygen atoms in total. The maximum atomic E-state index is 5.91. The Kier molecular flexibility index (Phi) is 4.28. The molecule has 96 valence electrons. The van der Waals surface area contributed by atoms with Crippen LogP contribution in [0.2, 0.25) is 0 Å². The summed E-state index contributed by atoms with van der Waals surface area (Å²) in [6.45, 7) is 4.94. The van der Waals surface area contributed by atoms with Crippen molar-refractivity contribution >= 4 is 10.8 Å². The van der Waals surface area contributed by atoms with Gasteiger partial charge in [0.05, 0.1) is 0 Å². The first-order valence-electron chi connectivity index (χ1n) is 6.55. The van der Waals surface area contributed by atoms with Crippen molar-refractivity contribution in [3.05, 3.63) is 42.2 Å². The summed E-state index contributed by atoms with van der Waals surface area (Å²) in [5.41, 5.74) is 7.10. The SMILES string of the molecule is CCC(C)NC(CN)c1cncc2ccccc12. The molecule has 18 heavy (non-hydrogen) atoms. The van der Waals surface area contributed by atoms with Gasteiger partial charge >= 0.3 is 0 Å². The quantitative estimate of drug-likeness (QED) is 0.848. The Morgan fingerprint density at radius 1 is 1.28 bits per heavy atom. The van der Waals surface area contributed by atoms with Crippen molar-refractivity contribution in [3.63, 3.8) is 0 Å². The molecule has 3 heteroatoms. The third-order valence-corrected chi connectivity index (χ3v) is 3.41. The van der Waals surface area contributed by atoms with E-state index >= 15 is 0 Å². The molecule has 0 saturated carbocycles. The Labute approximate surface area is 108 Å². The topological polar surface area (TPSA) is 50.9 Å². The van der Waals surface area contributed by atoms with Gasteiger partial charge in [0.25, 0.3) is 0 Å². The number of nitrogens with zero attached hydrogens (tertiary/aromatic N) is 1. The van der Waals surface area contributed by atoms with E-state index in [0.29, 0.717) is 12.6 Å². The van der Waals surface area contributed by atoms with Gasteiger partial charge in [0, 0.05) is 36.4 Å². The number of nitrogens with one attached hydrogen (secondary N) is 1. The molecule has 0 aliphatic heterocycles. The molecule has 0 amide bonds. The second kappa shape index (κ2) is 5.94. The summed E-state index contributed by atoms with van der Waals surface area (Å²) in [5.74, 6) is 0. The van der Waals surface area contributed by atoms with Crippen molar-refractivity contribution < 1.29 is 0 Å². The molecule has 2 unspecified atom stereocenters. The number of pyridine rings is 1. The van der Waals surface area contributed by atoms with Gasteiger partial charge < -0.3 is 11.1 Å². The predicted molar refractivity (Wildman–Crippen MR) is 76.4 cm³/mol. The Morgan fingerprint density at radius 2 is 2.06 bits per heavy atom. The van der Waals surface area contributed by atoms with E-state index in [1.807, 2.05) is 18.5 Å². The van der Waals surface area contributed by atoms with Crippen molar-refractivity contribution in [2.24, 2.45) is 5.73 Å². The summed E-state index contributed by atoms with van der Waals surface area (Å²) < 4.78 is 0. The van der Waals surface area contributed by atoms with E-state index in [1.165, 1.54) is 16.3 Å². The van der Waals surface area contributed by atoms with Gasteiger partial charge in [-0.3, -0.25) is 4.98 Å². The van der Waals surface area contributed by atoms with Crippen molar-refractivity contribution in [2.75, 3.05) is 6.54 Å². The van der Waals surface area contributed by atoms with E-state index < -0.39 is 0 Å². The number of hydrogen-bond acceptors (Lipinski definition) is 3. The lowest BCUT2D eigenvalue weighted by atomic mass is 10.0. The first-order chi connectivity index (χ1) is 8.76. The van der Waals surface area contributed by atoms with Gasteiger partial charge in [-0.05, 0) is 24.3 Å². The van der Waals surface area contributed by atoms with E-state index in [1.54, 1.807) is 0 Å². The zero-order valence-electron chi connectivity index (χ0n) is 11.1. The third-order valence-electron chi connectivity index (χ3n) is 3.41. The molecule has 1 aromatic heterocycles. The van der Waals surface area contributed by atoms with Crippen LogP contribution in [0.25, 0.3) is 10.8 Å². The smallest absolute Gasteiger partial charge is 0.0468 e. The summed E-state index contributed by atoms with van der Waals surface area (Å²) in [4.78, 5) is 4.32. The fraction of sp³-hybridized carbons (Fsp3) is 0.400. The monoisotopic (exact) mass is 243 g/mol. The molecule has 0 aliphatic carbocycles. The van der Waals surface area contributed by atoms with Crippen LogP contribution in [0.5, 0.6) is 0 Å². The highest BCUT2D eigenvalue weighted by Crippen LogP contribution is 2.23. The average Bonchev–Trinajstić information content (AvgIpc) is 2.44. The van der Waals surface area contributed by atoms with E-state index in [4.69, 9.17) is 5.73 Å². The fourth-order valence-corrected chi connectivity index (χ4v) is 2.16. The molecule has 1 heterocycles. The minimum Gasteiger partial charge on any atom is -0.329 e. The zero-order chi connectivity index (χ0) is 13.0. The number of fused-ring (bicyclic) bond motifs is 1. The van der Waals surface area contributed by atoms with Gasteiger partial charge in [0.15, 0.2) is 0 Å². The maximum absolute atomic E-state index is 5.91. The standard InChI is InChI=1S/C15H21N3/c1-3-11(2)18-15(8-16)14-10-17-9-12-6-4-5-7-13(12)14/h4-7,9-11,15,18H,3,8,16H2,1-2H3. The highest BCUT2D eigenvalue weighted by Gasteiger charge is 2.14. The largest absolute Gasteiger partial charge is 0.329 e. The molecule has 2 rings (SSSR count). The molecule has 0 bridgehead atoms. The molecular weight excluding hydrogens is 222 g/mol.